The van der Waals surface area contributed by atoms with Gasteiger partial charge in [0.1, 0.15) is 6.17 Å². The Kier molecular flexibility index (Phi) is 2.65. The second kappa shape index (κ2) is 3.76. The Balaban J connectivity index is 2.20. The standard InChI is InChI=1S/C10H11BrFN/c11-8-3-1-7(2-4-8)10-9(12)5-6-13-10/h1-4,9-10,13H,5-6H2. The Morgan fingerprint density at radius 2 is 2.00 bits per heavy atom. The molecule has 13 heavy (non-hydrogen) atoms. The fraction of sp³-hybridized carbons (Fsp3) is 0.400. The van der Waals surface area contributed by atoms with E-state index in [4.69, 9.17) is 0 Å². The predicted octanol–water partition coefficient (Wildman–Crippen LogP) is 2.82. The number of alkyl halides is 1. The van der Waals surface area contributed by atoms with E-state index in [0.29, 0.717) is 6.42 Å². The van der Waals surface area contributed by atoms with Gasteiger partial charge in [-0.2, -0.15) is 0 Å². The molecule has 1 N–H and O–H groups in total. The van der Waals surface area contributed by atoms with Gasteiger partial charge in [-0.3, -0.25) is 0 Å². The molecule has 0 aromatic heterocycles. The summed E-state index contributed by atoms with van der Waals surface area (Å²) in [5.74, 6) is 0. The third-order valence-electron chi connectivity index (χ3n) is 2.38. The lowest BCUT2D eigenvalue weighted by Crippen LogP contribution is -2.18. The van der Waals surface area contributed by atoms with Gasteiger partial charge in [0.15, 0.2) is 0 Å². The highest BCUT2D eigenvalue weighted by Crippen LogP contribution is 2.26. The Bertz CT molecular complexity index is 285. The average Bonchev–Trinajstić information content (AvgIpc) is 2.53. The lowest BCUT2D eigenvalue weighted by atomic mass is 10.0. The van der Waals surface area contributed by atoms with Crippen LogP contribution in [0.1, 0.15) is 18.0 Å². The summed E-state index contributed by atoms with van der Waals surface area (Å²) in [6.07, 6.45) is -0.109. The van der Waals surface area contributed by atoms with Crippen LogP contribution >= 0.6 is 15.9 Å². The van der Waals surface area contributed by atoms with Crippen LogP contribution in [-0.2, 0) is 0 Å². The summed E-state index contributed by atoms with van der Waals surface area (Å²) in [4.78, 5) is 0. The van der Waals surface area contributed by atoms with Crippen LogP contribution in [0.5, 0.6) is 0 Å². The normalized spacial score (nSPS) is 27.8. The van der Waals surface area contributed by atoms with Crippen LogP contribution in [0.15, 0.2) is 28.7 Å². The monoisotopic (exact) mass is 243 g/mol. The van der Waals surface area contributed by atoms with Crippen molar-refractivity contribution >= 4 is 15.9 Å². The minimum Gasteiger partial charge on any atom is -0.307 e. The fourth-order valence-electron chi connectivity index (χ4n) is 1.67. The summed E-state index contributed by atoms with van der Waals surface area (Å²) in [5.41, 5.74) is 1.04. The van der Waals surface area contributed by atoms with Crippen molar-refractivity contribution in [2.45, 2.75) is 18.6 Å². The Morgan fingerprint density at radius 3 is 2.54 bits per heavy atom. The van der Waals surface area contributed by atoms with Gasteiger partial charge in [0, 0.05) is 4.47 Å². The van der Waals surface area contributed by atoms with Crippen molar-refractivity contribution in [3.8, 4) is 0 Å². The molecule has 0 spiro atoms. The van der Waals surface area contributed by atoms with Gasteiger partial charge in [-0.1, -0.05) is 28.1 Å². The molecule has 1 aromatic rings. The quantitative estimate of drug-likeness (QED) is 0.800. The third kappa shape index (κ3) is 1.92. The molecule has 2 rings (SSSR count). The summed E-state index contributed by atoms with van der Waals surface area (Å²) >= 11 is 3.35. The maximum absolute atomic E-state index is 13.3. The predicted molar refractivity (Wildman–Crippen MR) is 54.4 cm³/mol. The van der Waals surface area contributed by atoms with E-state index in [-0.39, 0.29) is 6.04 Å². The number of nitrogens with one attached hydrogen (secondary N) is 1. The van der Waals surface area contributed by atoms with Crippen molar-refractivity contribution in [2.24, 2.45) is 0 Å². The van der Waals surface area contributed by atoms with Crippen LogP contribution in [0.25, 0.3) is 0 Å². The molecule has 1 aliphatic heterocycles. The highest BCUT2D eigenvalue weighted by atomic mass is 79.9. The summed E-state index contributed by atoms with van der Waals surface area (Å²) in [7, 11) is 0. The topological polar surface area (TPSA) is 12.0 Å². The summed E-state index contributed by atoms with van der Waals surface area (Å²) < 4.78 is 14.3. The van der Waals surface area contributed by atoms with Gasteiger partial charge < -0.3 is 5.32 Å². The zero-order valence-corrected chi connectivity index (χ0v) is 8.72. The molecule has 0 aliphatic carbocycles. The van der Waals surface area contributed by atoms with Crippen LogP contribution in [-0.4, -0.2) is 12.7 Å². The Labute approximate surface area is 85.5 Å². The zero-order chi connectivity index (χ0) is 9.26. The Hall–Kier alpha value is -0.410. The first-order valence-electron chi connectivity index (χ1n) is 4.40. The second-order valence-corrected chi connectivity index (χ2v) is 4.20. The summed E-state index contributed by atoms with van der Waals surface area (Å²) in [5, 5.41) is 3.15. The molecule has 1 nitrogen and oxygen atoms in total. The van der Waals surface area contributed by atoms with E-state index in [0.717, 1.165) is 16.6 Å². The average molecular weight is 244 g/mol. The maximum Gasteiger partial charge on any atom is 0.121 e. The summed E-state index contributed by atoms with van der Waals surface area (Å²) in [6.45, 7) is 0.780. The number of halogens is 2. The molecule has 1 fully saturated rings. The molecule has 2 unspecified atom stereocenters. The van der Waals surface area contributed by atoms with Crippen molar-refractivity contribution in [3.63, 3.8) is 0 Å². The molecule has 1 aromatic carbocycles. The lowest BCUT2D eigenvalue weighted by molar-refractivity contribution is 0.304. The molecule has 0 radical (unpaired) electrons. The first kappa shape index (κ1) is 9.16. The molecule has 0 saturated carbocycles. The third-order valence-corrected chi connectivity index (χ3v) is 2.90. The van der Waals surface area contributed by atoms with E-state index >= 15 is 0 Å². The first-order valence-corrected chi connectivity index (χ1v) is 5.19. The smallest absolute Gasteiger partial charge is 0.121 e. The van der Waals surface area contributed by atoms with Crippen molar-refractivity contribution < 1.29 is 4.39 Å². The van der Waals surface area contributed by atoms with Crippen LogP contribution in [0.3, 0.4) is 0 Å². The van der Waals surface area contributed by atoms with E-state index in [2.05, 4.69) is 21.2 Å². The van der Waals surface area contributed by atoms with E-state index in [9.17, 15) is 4.39 Å². The van der Waals surface area contributed by atoms with Gasteiger partial charge in [0.05, 0.1) is 6.04 Å². The van der Waals surface area contributed by atoms with E-state index < -0.39 is 6.17 Å². The molecule has 3 heteroatoms. The first-order chi connectivity index (χ1) is 6.27. The molecular weight excluding hydrogens is 233 g/mol. The highest BCUT2D eigenvalue weighted by molar-refractivity contribution is 9.10. The second-order valence-electron chi connectivity index (χ2n) is 3.29. The minimum absolute atomic E-state index is 0.104. The number of hydrogen-bond donors (Lipinski definition) is 1. The highest BCUT2D eigenvalue weighted by Gasteiger charge is 2.27. The van der Waals surface area contributed by atoms with Gasteiger partial charge >= 0.3 is 0 Å². The van der Waals surface area contributed by atoms with E-state index in [1.165, 1.54) is 0 Å². The maximum atomic E-state index is 13.3. The number of rotatable bonds is 1. The van der Waals surface area contributed by atoms with Gasteiger partial charge in [-0.05, 0) is 30.7 Å². The van der Waals surface area contributed by atoms with Gasteiger partial charge in [-0.15, -0.1) is 0 Å². The fourth-order valence-corrected chi connectivity index (χ4v) is 1.93. The summed E-state index contributed by atoms with van der Waals surface area (Å²) in [6, 6.07) is 7.71. The van der Waals surface area contributed by atoms with Crippen molar-refractivity contribution in [3.05, 3.63) is 34.3 Å². The van der Waals surface area contributed by atoms with Crippen LogP contribution in [0, 0.1) is 0 Å². The SMILES string of the molecule is FC1CCNC1c1ccc(Br)cc1. The molecular formula is C10H11BrFN. The largest absolute Gasteiger partial charge is 0.307 e. The molecule has 1 saturated heterocycles. The molecule has 0 bridgehead atoms. The van der Waals surface area contributed by atoms with E-state index in [1.54, 1.807) is 0 Å². The van der Waals surface area contributed by atoms with Crippen LogP contribution in [0.4, 0.5) is 4.39 Å². The van der Waals surface area contributed by atoms with Crippen molar-refractivity contribution in [2.75, 3.05) is 6.54 Å². The van der Waals surface area contributed by atoms with Gasteiger partial charge in [-0.25, -0.2) is 4.39 Å². The molecule has 1 aliphatic rings. The van der Waals surface area contributed by atoms with Crippen LogP contribution < -0.4 is 5.32 Å². The number of hydrogen-bond acceptors (Lipinski definition) is 1. The zero-order valence-electron chi connectivity index (χ0n) is 7.13. The molecule has 0 amide bonds. The molecule has 2 atom stereocenters. The number of benzene rings is 1. The van der Waals surface area contributed by atoms with E-state index in [1.807, 2.05) is 24.3 Å². The van der Waals surface area contributed by atoms with Gasteiger partial charge in [0.2, 0.25) is 0 Å². The van der Waals surface area contributed by atoms with Gasteiger partial charge in [0.25, 0.3) is 0 Å². The minimum atomic E-state index is -0.735. The van der Waals surface area contributed by atoms with Crippen LogP contribution in [0.2, 0.25) is 0 Å². The Morgan fingerprint density at radius 1 is 1.31 bits per heavy atom. The molecule has 1 heterocycles. The van der Waals surface area contributed by atoms with Crippen molar-refractivity contribution in [1.82, 2.24) is 5.32 Å². The van der Waals surface area contributed by atoms with Crippen molar-refractivity contribution in [1.29, 1.82) is 0 Å². The molecule has 70 valence electrons. The lowest BCUT2D eigenvalue weighted by Gasteiger charge is -2.13.